The van der Waals surface area contributed by atoms with Gasteiger partial charge in [0.15, 0.2) is 28.8 Å². The molecule has 12 rings (SSSR count). The van der Waals surface area contributed by atoms with Crippen LogP contribution in [0, 0.1) is 0 Å². The highest BCUT2D eigenvalue weighted by molar-refractivity contribution is 6.12. The lowest BCUT2D eigenvalue weighted by Crippen LogP contribution is -2.06. The SMILES string of the molecule is c1ccc(-c2nc(-c3ccccc3)nc(-c3nc(-n4c5ccccc5c5cc(-c6ccc7c(c6)c6ccccc6n7-c6ccccc6)ccc54)nc4ccoc34)n2)cc1. The molecule has 0 N–H and O–H groups in total. The maximum Gasteiger partial charge on any atom is 0.236 e. The first kappa shape index (κ1) is 33.0. The quantitative estimate of drug-likeness (QED) is 0.168. The number of para-hydroxylation sites is 3. The number of hydrogen-bond donors (Lipinski definition) is 0. The van der Waals surface area contributed by atoms with Gasteiger partial charge in [0.1, 0.15) is 5.52 Å². The van der Waals surface area contributed by atoms with E-state index in [2.05, 4.69) is 124 Å². The van der Waals surface area contributed by atoms with Crippen LogP contribution in [0.4, 0.5) is 0 Å². The fourth-order valence-electron chi connectivity index (χ4n) is 8.39. The average molecular weight is 758 g/mol. The van der Waals surface area contributed by atoms with Crippen molar-refractivity contribution >= 4 is 54.7 Å². The Morgan fingerprint density at radius 3 is 1.46 bits per heavy atom. The number of aromatic nitrogens is 7. The number of benzene rings is 7. The Morgan fingerprint density at radius 1 is 0.356 bits per heavy atom. The minimum Gasteiger partial charge on any atom is -0.460 e. The van der Waals surface area contributed by atoms with Gasteiger partial charge in [-0.1, -0.05) is 127 Å². The van der Waals surface area contributed by atoms with E-state index in [1.807, 2.05) is 66.7 Å². The molecule has 5 heterocycles. The van der Waals surface area contributed by atoms with Crippen molar-refractivity contribution in [2.45, 2.75) is 0 Å². The number of rotatable bonds is 6. The Hall–Kier alpha value is -8.23. The lowest BCUT2D eigenvalue weighted by Gasteiger charge is -2.11. The standard InChI is InChI=1S/C51H31N7O/c1-4-14-32(15-5-1)48-54-49(33-16-6-2-7-17-33)56-50(55-48)46-47-41(28-29-59-47)52-51(53-46)58-43-23-13-11-21-38(43)40-31-35(25-27-45(40)58)34-24-26-44-39(30-34)37-20-10-12-22-42(37)57(44)36-18-8-3-9-19-36/h1-31H. The summed E-state index contributed by atoms with van der Waals surface area (Å²) < 4.78 is 10.5. The number of nitrogens with zero attached hydrogens (tertiary/aromatic N) is 7. The third kappa shape index (κ3) is 5.34. The maximum atomic E-state index is 6.05. The number of fused-ring (bicyclic) bond motifs is 7. The fraction of sp³-hybridized carbons (Fsp3) is 0. The topological polar surface area (TPSA) is 87.5 Å². The molecule has 0 atom stereocenters. The summed E-state index contributed by atoms with van der Waals surface area (Å²) in [5, 5.41) is 4.63. The van der Waals surface area contributed by atoms with Crippen LogP contribution in [0.2, 0.25) is 0 Å². The summed E-state index contributed by atoms with van der Waals surface area (Å²) in [6, 6.07) is 62.8. The van der Waals surface area contributed by atoms with E-state index in [0.717, 1.165) is 49.7 Å². The van der Waals surface area contributed by atoms with E-state index >= 15 is 0 Å². The first-order chi connectivity index (χ1) is 29.2. The lowest BCUT2D eigenvalue weighted by atomic mass is 10.0. The molecule has 59 heavy (non-hydrogen) atoms. The molecule has 0 radical (unpaired) electrons. The van der Waals surface area contributed by atoms with Crippen molar-refractivity contribution in [3.8, 4) is 57.1 Å². The van der Waals surface area contributed by atoms with Crippen molar-refractivity contribution in [1.29, 1.82) is 0 Å². The first-order valence-electron chi connectivity index (χ1n) is 19.5. The molecule has 12 aromatic rings. The van der Waals surface area contributed by atoms with Crippen molar-refractivity contribution < 1.29 is 4.42 Å². The first-order valence-corrected chi connectivity index (χ1v) is 19.5. The monoisotopic (exact) mass is 757 g/mol. The average Bonchev–Trinajstić information content (AvgIpc) is 4.02. The van der Waals surface area contributed by atoms with Crippen molar-refractivity contribution in [2.75, 3.05) is 0 Å². The minimum absolute atomic E-state index is 0.397. The van der Waals surface area contributed by atoms with Crippen LogP contribution in [0.25, 0.3) is 112 Å². The second-order valence-corrected chi connectivity index (χ2v) is 14.5. The van der Waals surface area contributed by atoms with Crippen LogP contribution in [-0.2, 0) is 0 Å². The Bertz CT molecular complexity index is 3500. The van der Waals surface area contributed by atoms with Crippen molar-refractivity contribution in [3.05, 3.63) is 188 Å². The molecule has 0 saturated carbocycles. The van der Waals surface area contributed by atoms with Gasteiger partial charge in [0.05, 0.1) is 28.3 Å². The summed E-state index contributed by atoms with van der Waals surface area (Å²) in [5.74, 6) is 1.97. The molecule has 0 aliphatic carbocycles. The summed E-state index contributed by atoms with van der Waals surface area (Å²) in [6.07, 6.45) is 1.64. The zero-order chi connectivity index (χ0) is 38.9. The normalized spacial score (nSPS) is 11.7. The predicted octanol–water partition coefficient (Wildman–Crippen LogP) is 12.3. The highest BCUT2D eigenvalue weighted by atomic mass is 16.3. The molecule has 5 aromatic heterocycles. The largest absolute Gasteiger partial charge is 0.460 e. The van der Waals surface area contributed by atoms with E-state index in [-0.39, 0.29) is 0 Å². The Morgan fingerprint density at radius 2 is 0.847 bits per heavy atom. The van der Waals surface area contributed by atoms with Gasteiger partial charge in [-0.15, -0.1) is 0 Å². The van der Waals surface area contributed by atoms with E-state index in [0.29, 0.717) is 40.2 Å². The van der Waals surface area contributed by atoms with Crippen LogP contribution in [0.5, 0.6) is 0 Å². The van der Waals surface area contributed by atoms with Gasteiger partial charge in [0.25, 0.3) is 0 Å². The molecule has 0 spiro atoms. The second kappa shape index (κ2) is 13.2. The molecule has 0 aliphatic heterocycles. The fourth-order valence-corrected chi connectivity index (χ4v) is 8.39. The molecule has 276 valence electrons. The molecule has 8 nitrogen and oxygen atoms in total. The molecular formula is C51H31N7O. The zero-order valence-electron chi connectivity index (χ0n) is 31.4. The van der Waals surface area contributed by atoms with Gasteiger partial charge in [-0.3, -0.25) is 4.57 Å². The summed E-state index contributed by atoms with van der Waals surface area (Å²) >= 11 is 0. The zero-order valence-corrected chi connectivity index (χ0v) is 31.4. The molecule has 8 heteroatoms. The highest BCUT2D eigenvalue weighted by Crippen LogP contribution is 2.39. The van der Waals surface area contributed by atoms with Crippen LogP contribution in [-0.4, -0.2) is 34.1 Å². The maximum absolute atomic E-state index is 6.05. The molecule has 0 aliphatic rings. The Balaban J connectivity index is 1.04. The van der Waals surface area contributed by atoms with Crippen molar-refractivity contribution in [3.63, 3.8) is 0 Å². The Labute approximate surface area is 337 Å². The second-order valence-electron chi connectivity index (χ2n) is 14.5. The number of furan rings is 1. The lowest BCUT2D eigenvalue weighted by molar-refractivity contribution is 0.614. The molecule has 0 amide bonds. The molecule has 0 unspecified atom stereocenters. The highest BCUT2D eigenvalue weighted by Gasteiger charge is 2.22. The van der Waals surface area contributed by atoms with Crippen molar-refractivity contribution in [1.82, 2.24) is 34.1 Å². The minimum atomic E-state index is 0.397. The van der Waals surface area contributed by atoms with E-state index in [1.54, 1.807) is 6.26 Å². The van der Waals surface area contributed by atoms with Crippen LogP contribution in [0.1, 0.15) is 0 Å². The van der Waals surface area contributed by atoms with Gasteiger partial charge in [-0.2, -0.15) is 0 Å². The molecule has 0 bridgehead atoms. The van der Waals surface area contributed by atoms with Crippen molar-refractivity contribution in [2.24, 2.45) is 0 Å². The third-order valence-corrected chi connectivity index (χ3v) is 11.1. The van der Waals surface area contributed by atoms with Gasteiger partial charge in [0, 0.05) is 44.4 Å². The third-order valence-electron chi connectivity index (χ3n) is 11.1. The van der Waals surface area contributed by atoms with Crippen LogP contribution in [0.3, 0.4) is 0 Å². The van der Waals surface area contributed by atoms with Crippen LogP contribution < -0.4 is 0 Å². The molecule has 0 saturated heterocycles. The van der Waals surface area contributed by atoms with Crippen LogP contribution >= 0.6 is 0 Å². The van der Waals surface area contributed by atoms with E-state index in [4.69, 9.17) is 29.3 Å². The summed E-state index contributed by atoms with van der Waals surface area (Å²) in [5.41, 5.74) is 11.1. The molecule has 0 fully saturated rings. The van der Waals surface area contributed by atoms with Gasteiger partial charge in [0.2, 0.25) is 5.95 Å². The Kier molecular flexibility index (Phi) is 7.36. The number of hydrogen-bond acceptors (Lipinski definition) is 6. The van der Waals surface area contributed by atoms with Gasteiger partial charge in [-0.25, -0.2) is 24.9 Å². The van der Waals surface area contributed by atoms with Crippen LogP contribution in [0.15, 0.2) is 193 Å². The predicted molar refractivity (Wildman–Crippen MR) is 236 cm³/mol. The molecule has 7 aromatic carbocycles. The van der Waals surface area contributed by atoms with Gasteiger partial charge < -0.3 is 8.98 Å². The summed E-state index contributed by atoms with van der Waals surface area (Å²) in [6.45, 7) is 0. The molecular weight excluding hydrogens is 727 g/mol. The van der Waals surface area contributed by atoms with E-state index in [1.165, 1.54) is 21.8 Å². The van der Waals surface area contributed by atoms with Gasteiger partial charge >= 0.3 is 0 Å². The van der Waals surface area contributed by atoms with Gasteiger partial charge in [-0.05, 0) is 59.7 Å². The smallest absolute Gasteiger partial charge is 0.236 e. The van der Waals surface area contributed by atoms with E-state index in [9.17, 15) is 0 Å². The van der Waals surface area contributed by atoms with E-state index < -0.39 is 0 Å². The summed E-state index contributed by atoms with van der Waals surface area (Å²) in [4.78, 5) is 25.2. The summed E-state index contributed by atoms with van der Waals surface area (Å²) in [7, 11) is 0.